The summed E-state index contributed by atoms with van der Waals surface area (Å²) in [6, 6.07) is 5.13. The number of benzene rings is 1. The van der Waals surface area contributed by atoms with Gasteiger partial charge in [-0.3, -0.25) is 4.72 Å². The zero-order chi connectivity index (χ0) is 10.8. The Morgan fingerprint density at radius 1 is 1.43 bits per heavy atom. The molecule has 3 N–H and O–H groups in total. The molecule has 5 heteroatoms. The summed E-state index contributed by atoms with van der Waals surface area (Å²) in [6.07, 6.45) is 0. The molecule has 0 saturated carbocycles. The maximum absolute atomic E-state index is 11.3. The number of hydrogen-bond acceptors (Lipinski definition) is 3. The van der Waals surface area contributed by atoms with E-state index in [9.17, 15) is 8.42 Å². The molecule has 14 heavy (non-hydrogen) atoms. The Balaban J connectivity index is 3.03. The standard InChI is InChI=1S/C9H14N2O2S/c1-3-14(12,13)11-9-6-8(10)5-4-7(9)2/h4-6,11H,3,10H2,1-2H3. The molecule has 0 radical (unpaired) electrons. The van der Waals surface area contributed by atoms with Crippen LogP contribution in [0, 0.1) is 6.92 Å². The molecule has 1 aromatic rings. The van der Waals surface area contributed by atoms with Crippen LogP contribution < -0.4 is 10.5 Å². The predicted molar refractivity (Wildman–Crippen MR) is 58.7 cm³/mol. The smallest absolute Gasteiger partial charge is 0.232 e. The van der Waals surface area contributed by atoms with Gasteiger partial charge in [0.1, 0.15) is 0 Å². The fraction of sp³-hybridized carbons (Fsp3) is 0.333. The van der Waals surface area contributed by atoms with E-state index in [-0.39, 0.29) is 5.75 Å². The molecule has 0 aliphatic heterocycles. The summed E-state index contributed by atoms with van der Waals surface area (Å²) in [6.45, 7) is 3.41. The lowest BCUT2D eigenvalue weighted by molar-refractivity contribution is 0.602. The van der Waals surface area contributed by atoms with Crippen molar-refractivity contribution in [2.75, 3.05) is 16.2 Å². The minimum Gasteiger partial charge on any atom is -0.399 e. The van der Waals surface area contributed by atoms with Gasteiger partial charge in [0.15, 0.2) is 0 Å². The molecule has 4 nitrogen and oxygen atoms in total. The first kappa shape index (κ1) is 10.8. The summed E-state index contributed by atoms with van der Waals surface area (Å²) in [4.78, 5) is 0. The van der Waals surface area contributed by atoms with E-state index in [0.29, 0.717) is 11.4 Å². The first-order valence-electron chi connectivity index (χ1n) is 4.31. The van der Waals surface area contributed by atoms with Gasteiger partial charge < -0.3 is 5.73 Å². The quantitative estimate of drug-likeness (QED) is 0.746. The van der Waals surface area contributed by atoms with E-state index in [2.05, 4.69) is 4.72 Å². The van der Waals surface area contributed by atoms with Crippen LogP contribution >= 0.6 is 0 Å². The van der Waals surface area contributed by atoms with Crippen LogP contribution in [0.3, 0.4) is 0 Å². The highest BCUT2D eigenvalue weighted by Gasteiger charge is 2.08. The molecule has 0 aliphatic carbocycles. The van der Waals surface area contributed by atoms with Crippen molar-refractivity contribution in [3.63, 3.8) is 0 Å². The summed E-state index contributed by atoms with van der Waals surface area (Å²) in [5, 5.41) is 0. The van der Waals surface area contributed by atoms with E-state index >= 15 is 0 Å². The number of sulfonamides is 1. The van der Waals surface area contributed by atoms with Crippen LogP contribution in [0.5, 0.6) is 0 Å². The van der Waals surface area contributed by atoms with Gasteiger partial charge in [-0.2, -0.15) is 0 Å². The second-order valence-corrected chi connectivity index (χ2v) is 5.09. The summed E-state index contributed by atoms with van der Waals surface area (Å²) in [7, 11) is -3.22. The van der Waals surface area contributed by atoms with E-state index in [1.54, 1.807) is 25.1 Å². The van der Waals surface area contributed by atoms with Crippen LogP contribution in [0.15, 0.2) is 18.2 Å². The van der Waals surface area contributed by atoms with E-state index in [4.69, 9.17) is 5.73 Å². The van der Waals surface area contributed by atoms with Crippen LogP contribution in [0.1, 0.15) is 12.5 Å². The lowest BCUT2D eigenvalue weighted by Crippen LogP contribution is -2.15. The largest absolute Gasteiger partial charge is 0.399 e. The number of hydrogen-bond donors (Lipinski definition) is 2. The number of nitrogens with two attached hydrogens (primary N) is 1. The van der Waals surface area contributed by atoms with Gasteiger partial charge >= 0.3 is 0 Å². The third-order valence-electron chi connectivity index (χ3n) is 1.91. The van der Waals surface area contributed by atoms with E-state index in [1.807, 2.05) is 6.92 Å². The van der Waals surface area contributed by atoms with Crippen LogP contribution in [0.2, 0.25) is 0 Å². The fourth-order valence-corrected chi connectivity index (χ4v) is 1.69. The number of rotatable bonds is 3. The maximum Gasteiger partial charge on any atom is 0.232 e. The lowest BCUT2D eigenvalue weighted by atomic mass is 10.2. The highest BCUT2D eigenvalue weighted by Crippen LogP contribution is 2.19. The van der Waals surface area contributed by atoms with Crippen molar-refractivity contribution >= 4 is 21.4 Å². The van der Waals surface area contributed by atoms with Gasteiger partial charge in [-0.25, -0.2) is 8.42 Å². The van der Waals surface area contributed by atoms with E-state index < -0.39 is 10.0 Å². The number of nitrogens with one attached hydrogen (secondary N) is 1. The third kappa shape index (κ3) is 2.63. The summed E-state index contributed by atoms with van der Waals surface area (Å²) in [5.74, 6) is 0.0568. The zero-order valence-corrected chi connectivity index (χ0v) is 9.06. The molecule has 0 saturated heterocycles. The van der Waals surface area contributed by atoms with Crippen LogP contribution in [-0.4, -0.2) is 14.2 Å². The lowest BCUT2D eigenvalue weighted by Gasteiger charge is -2.09. The van der Waals surface area contributed by atoms with Crippen LogP contribution in [0.4, 0.5) is 11.4 Å². The maximum atomic E-state index is 11.3. The Bertz CT molecular complexity index is 426. The monoisotopic (exact) mass is 214 g/mol. The molecule has 0 aromatic heterocycles. The Hall–Kier alpha value is -1.23. The van der Waals surface area contributed by atoms with E-state index in [0.717, 1.165) is 5.56 Å². The van der Waals surface area contributed by atoms with Gasteiger partial charge in [0.25, 0.3) is 0 Å². The van der Waals surface area contributed by atoms with Gasteiger partial charge in [-0.15, -0.1) is 0 Å². The Morgan fingerprint density at radius 2 is 2.07 bits per heavy atom. The average molecular weight is 214 g/mol. The van der Waals surface area contributed by atoms with E-state index in [1.165, 1.54) is 0 Å². The third-order valence-corrected chi connectivity index (χ3v) is 3.20. The van der Waals surface area contributed by atoms with Crippen molar-refractivity contribution in [1.82, 2.24) is 0 Å². The first-order chi connectivity index (χ1) is 6.44. The fourth-order valence-electron chi connectivity index (χ4n) is 0.989. The summed E-state index contributed by atoms with van der Waals surface area (Å²) >= 11 is 0. The minimum absolute atomic E-state index is 0.0568. The van der Waals surface area contributed by atoms with Gasteiger partial charge in [0, 0.05) is 5.69 Å². The topological polar surface area (TPSA) is 72.2 Å². The van der Waals surface area contributed by atoms with Crippen molar-refractivity contribution in [2.45, 2.75) is 13.8 Å². The molecule has 0 spiro atoms. The van der Waals surface area contributed by atoms with Crippen molar-refractivity contribution in [3.8, 4) is 0 Å². The van der Waals surface area contributed by atoms with Gasteiger partial charge in [-0.05, 0) is 31.5 Å². The van der Waals surface area contributed by atoms with Gasteiger partial charge in [0.2, 0.25) is 10.0 Å². The molecule has 0 amide bonds. The molecular weight excluding hydrogens is 200 g/mol. The molecule has 1 aromatic carbocycles. The molecular formula is C9H14N2O2S. The Kier molecular flexibility index (Phi) is 3.00. The zero-order valence-electron chi connectivity index (χ0n) is 8.24. The highest BCUT2D eigenvalue weighted by molar-refractivity contribution is 7.92. The number of aryl methyl sites for hydroxylation is 1. The average Bonchev–Trinajstić information content (AvgIpc) is 2.11. The van der Waals surface area contributed by atoms with Gasteiger partial charge in [0.05, 0.1) is 11.4 Å². The normalized spacial score (nSPS) is 11.3. The summed E-state index contributed by atoms with van der Waals surface area (Å²) in [5.41, 5.74) is 7.50. The molecule has 0 fully saturated rings. The summed E-state index contributed by atoms with van der Waals surface area (Å²) < 4.78 is 25.0. The van der Waals surface area contributed by atoms with Gasteiger partial charge in [-0.1, -0.05) is 6.07 Å². The molecule has 0 bridgehead atoms. The minimum atomic E-state index is -3.22. The first-order valence-corrected chi connectivity index (χ1v) is 5.96. The molecule has 1 rings (SSSR count). The molecule has 0 atom stereocenters. The SMILES string of the molecule is CCS(=O)(=O)Nc1cc(N)ccc1C. The second kappa shape index (κ2) is 3.88. The molecule has 78 valence electrons. The predicted octanol–water partition coefficient (Wildman–Crippen LogP) is 1.34. The van der Waals surface area contributed by atoms with Crippen LogP contribution in [-0.2, 0) is 10.0 Å². The Labute approximate surface area is 84.2 Å². The molecule has 0 heterocycles. The number of anilines is 2. The highest BCUT2D eigenvalue weighted by atomic mass is 32.2. The van der Waals surface area contributed by atoms with Crippen molar-refractivity contribution in [2.24, 2.45) is 0 Å². The van der Waals surface area contributed by atoms with Crippen LogP contribution in [0.25, 0.3) is 0 Å². The van der Waals surface area contributed by atoms with Crippen molar-refractivity contribution in [1.29, 1.82) is 0 Å². The van der Waals surface area contributed by atoms with Crippen molar-refractivity contribution in [3.05, 3.63) is 23.8 Å². The number of nitrogen functional groups attached to an aromatic ring is 1. The molecule has 0 unspecified atom stereocenters. The molecule has 0 aliphatic rings. The Morgan fingerprint density at radius 3 is 2.64 bits per heavy atom. The second-order valence-electron chi connectivity index (χ2n) is 3.08. The van der Waals surface area contributed by atoms with Crippen molar-refractivity contribution < 1.29 is 8.42 Å².